The van der Waals surface area contributed by atoms with Crippen molar-refractivity contribution < 1.29 is 23.9 Å². The number of nitrogens with one attached hydrogen (secondary N) is 1. The molecule has 8 nitrogen and oxygen atoms in total. The van der Waals surface area contributed by atoms with E-state index in [9.17, 15) is 14.4 Å². The highest BCUT2D eigenvalue weighted by Gasteiger charge is 2.25. The molecule has 1 amide bonds. The van der Waals surface area contributed by atoms with Gasteiger partial charge in [-0.1, -0.05) is 0 Å². The summed E-state index contributed by atoms with van der Waals surface area (Å²) in [6.45, 7) is 1.94. The van der Waals surface area contributed by atoms with Gasteiger partial charge in [0, 0.05) is 24.9 Å². The molecule has 1 aliphatic rings. The second kappa shape index (κ2) is 6.62. The van der Waals surface area contributed by atoms with Gasteiger partial charge in [0.05, 0.1) is 36.7 Å². The minimum atomic E-state index is -0.665. The second-order valence-corrected chi connectivity index (χ2v) is 6.14. The van der Waals surface area contributed by atoms with Crippen molar-refractivity contribution in [3.63, 3.8) is 0 Å². The van der Waals surface area contributed by atoms with Crippen LogP contribution in [0.15, 0.2) is 18.2 Å². The Morgan fingerprint density at radius 2 is 1.88 bits per heavy atom. The topological polar surface area (TPSA) is 97.8 Å². The number of hydrogen-bond donors (Lipinski definition) is 1. The summed E-state index contributed by atoms with van der Waals surface area (Å²) in [5.41, 5.74) is 1.91. The van der Waals surface area contributed by atoms with Gasteiger partial charge >= 0.3 is 11.9 Å². The predicted octanol–water partition coefficient (Wildman–Crippen LogP) is 1.97. The van der Waals surface area contributed by atoms with Crippen LogP contribution < -0.4 is 10.2 Å². The van der Waals surface area contributed by atoms with E-state index < -0.39 is 11.9 Å². The van der Waals surface area contributed by atoms with Gasteiger partial charge < -0.3 is 19.7 Å². The van der Waals surface area contributed by atoms with Crippen molar-refractivity contribution in [3.05, 3.63) is 29.5 Å². The van der Waals surface area contributed by atoms with Crippen molar-refractivity contribution in [1.29, 1.82) is 0 Å². The Labute approximate surface area is 150 Å². The van der Waals surface area contributed by atoms with E-state index in [-0.39, 0.29) is 23.2 Å². The van der Waals surface area contributed by atoms with Crippen LogP contribution in [0.1, 0.15) is 34.2 Å². The fraction of sp³-hybridized carbons (Fsp3) is 0.333. The summed E-state index contributed by atoms with van der Waals surface area (Å²) in [6.07, 6.45) is 0.340. The molecule has 0 spiro atoms. The lowest BCUT2D eigenvalue weighted by Gasteiger charge is -2.25. The van der Waals surface area contributed by atoms with E-state index in [2.05, 4.69) is 10.3 Å². The van der Waals surface area contributed by atoms with Gasteiger partial charge in [0.1, 0.15) is 5.69 Å². The number of hydrogen-bond acceptors (Lipinski definition) is 7. The van der Waals surface area contributed by atoms with Gasteiger partial charge in [-0.25, -0.2) is 14.6 Å². The predicted molar refractivity (Wildman–Crippen MR) is 95.5 cm³/mol. The number of benzene rings is 1. The lowest BCUT2D eigenvalue weighted by atomic mass is 10.0. The summed E-state index contributed by atoms with van der Waals surface area (Å²) >= 11 is 0. The van der Waals surface area contributed by atoms with Crippen LogP contribution in [-0.2, 0) is 14.3 Å². The van der Waals surface area contributed by atoms with E-state index in [1.165, 1.54) is 20.3 Å². The van der Waals surface area contributed by atoms with Crippen molar-refractivity contribution >= 4 is 40.1 Å². The van der Waals surface area contributed by atoms with E-state index in [4.69, 9.17) is 9.47 Å². The number of fused-ring (bicyclic) bond motifs is 2. The third-order valence-electron chi connectivity index (χ3n) is 4.52. The van der Waals surface area contributed by atoms with Crippen molar-refractivity contribution in [1.82, 2.24) is 4.98 Å². The zero-order valence-corrected chi connectivity index (χ0v) is 15.0. The molecule has 1 N–H and O–H groups in total. The van der Waals surface area contributed by atoms with Crippen LogP contribution in [0.3, 0.4) is 0 Å². The van der Waals surface area contributed by atoms with Gasteiger partial charge in [-0.2, -0.15) is 0 Å². The highest BCUT2D eigenvalue weighted by molar-refractivity contribution is 6.09. The number of ether oxygens (including phenoxy) is 2. The van der Waals surface area contributed by atoms with Crippen molar-refractivity contribution in [2.24, 2.45) is 0 Å². The van der Waals surface area contributed by atoms with Crippen molar-refractivity contribution in [2.45, 2.75) is 19.4 Å². The first-order valence-electron chi connectivity index (χ1n) is 8.03. The van der Waals surface area contributed by atoms with Crippen LogP contribution >= 0.6 is 0 Å². The lowest BCUT2D eigenvalue weighted by molar-refractivity contribution is -0.116. The second-order valence-electron chi connectivity index (χ2n) is 6.14. The summed E-state index contributed by atoms with van der Waals surface area (Å²) < 4.78 is 9.55. The third-order valence-corrected chi connectivity index (χ3v) is 4.52. The number of pyridine rings is 1. The molecule has 0 aliphatic carbocycles. The number of rotatable bonds is 2. The maximum atomic E-state index is 12.2. The molecule has 8 heteroatoms. The van der Waals surface area contributed by atoms with Gasteiger partial charge in [0.2, 0.25) is 5.91 Å². The smallest absolute Gasteiger partial charge is 0.356 e. The molecule has 0 fully saturated rings. The number of carbonyl (C=O) groups excluding carboxylic acids is 3. The molecule has 0 saturated heterocycles. The Hall–Kier alpha value is -3.16. The maximum Gasteiger partial charge on any atom is 0.356 e. The van der Waals surface area contributed by atoms with Gasteiger partial charge in [-0.3, -0.25) is 4.79 Å². The normalized spacial score (nSPS) is 16.5. The molecule has 0 radical (unpaired) electrons. The number of carbonyl (C=O) groups is 3. The largest absolute Gasteiger partial charge is 0.465 e. The monoisotopic (exact) mass is 357 g/mol. The molecule has 1 atom stereocenters. The average Bonchev–Trinajstić information content (AvgIpc) is 2.73. The molecule has 1 aliphatic heterocycles. The Kier molecular flexibility index (Phi) is 4.50. The molecule has 26 heavy (non-hydrogen) atoms. The number of aromatic nitrogens is 1. The molecule has 1 aromatic carbocycles. The first-order valence-corrected chi connectivity index (χ1v) is 8.03. The van der Waals surface area contributed by atoms with Crippen LogP contribution in [-0.4, -0.2) is 50.1 Å². The van der Waals surface area contributed by atoms with Crippen LogP contribution in [0, 0.1) is 0 Å². The fourth-order valence-corrected chi connectivity index (χ4v) is 2.99. The Morgan fingerprint density at radius 1 is 1.19 bits per heavy atom. The summed E-state index contributed by atoms with van der Waals surface area (Å²) in [7, 11) is 4.38. The van der Waals surface area contributed by atoms with Crippen molar-refractivity contribution in [2.75, 3.05) is 31.5 Å². The van der Waals surface area contributed by atoms with Gasteiger partial charge in [-0.05, 0) is 25.1 Å². The van der Waals surface area contributed by atoms with Gasteiger partial charge in [0.25, 0.3) is 0 Å². The number of methoxy groups -OCH3 is 2. The number of esters is 2. The standard InChI is InChI=1S/C18H19N3O5/c1-9-5-16(22)20-13-8-12-10(7-15(13)21(9)2)11(17(23)25-3)6-14(19-12)18(24)26-4/h6-9H,5H2,1-4H3,(H,20,22). The average molecular weight is 357 g/mol. The first-order chi connectivity index (χ1) is 12.3. The van der Waals surface area contributed by atoms with Crippen molar-refractivity contribution in [3.8, 4) is 0 Å². The van der Waals surface area contributed by atoms with E-state index in [0.717, 1.165) is 5.69 Å². The van der Waals surface area contributed by atoms with E-state index in [1.54, 1.807) is 12.1 Å². The third kappa shape index (κ3) is 2.94. The Balaban J connectivity index is 2.31. The van der Waals surface area contributed by atoms with Crippen LogP contribution in [0.25, 0.3) is 10.9 Å². The molecule has 0 saturated carbocycles. The van der Waals surface area contributed by atoms with Crippen LogP contribution in [0.2, 0.25) is 0 Å². The maximum absolute atomic E-state index is 12.2. The van der Waals surface area contributed by atoms with Gasteiger partial charge in [-0.15, -0.1) is 0 Å². The zero-order valence-electron chi connectivity index (χ0n) is 15.0. The SMILES string of the molecule is COC(=O)c1cc(C(=O)OC)c2cc3c(cc2n1)NC(=O)CC(C)N3C. The number of nitrogens with zero attached hydrogens (tertiary/aromatic N) is 2. The Morgan fingerprint density at radius 3 is 2.54 bits per heavy atom. The minimum Gasteiger partial charge on any atom is -0.465 e. The fourth-order valence-electron chi connectivity index (χ4n) is 2.99. The number of anilines is 2. The molecule has 136 valence electrons. The molecule has 2 aromatic rings. The molecule has 1 aromatic heterocycles. The quantitative estimate of drug-likeness (QED) is 0.821. The van der Waals surface area contributed by atoms with Crippen LogP contribution in [0.4, 0.5) is 11.4 Å². The van der Waals surface area contributed by atoms with Gasteiger partial charge in [0.15, 0.2) is 0 Å². The molecule has 0 bridgehead atoms. The van der Waals surface area contributed by atoms with E-state index in [1.807, 2.05) is 18.9 Å². The number of amides is 1. The summed E-state index contributed by atoms with van der Waals surface area (Å²) in [5.74, 6) is -1.36. The molecule has 1 unspecified atom stereocenters. The van der Waals surface area contributed by atoms with E-state index in [0.29, 0.717) is 23.0 Å². The van der Waals surface area contributed by atoms with E-state index >= 15 is 0 Å². The lowest BCUT2D eigenvalue weighted by Crippen LogP contribution is -2.29. The highest BCUT2D eigenvalue weighted by Crippen LogP contribution is 2.35. The molecular formula is C18H19N3O5. The minimum absolute atomic E-state index is 0.0120. The molecular weight excluding hydrogens is 338 g/mol. The summed E-state index contributed by atoms with van der Waals surface area (Å²) in [6, 6.07) is 4.76. The Bertz CT molecular complexity index is 925. The summed E-state index contributed by atoms with van der Waals surface area (Å²) in [5, 5.41) is 3.37. The molecule has 3 rings (SSSR count). The van der Waals surface area contributed by atoms with Crippen LogP contribution in [0.5, 0.6) is 0 Å². The first kappa shape index (κ1) is 17.7. The summed E-state index contributed by atoms with van der Waals surface area (Å²) in [4.78, 5) is 42.4. The zero-order chi connectivity index (χ0) is 19.0. The molecule has 2 heterocycles. The highest BCUT2D eigenvalue weighted by atomic mass is 16.5.